The number of hydrogen-bond donors (Lipinski definition) is 0. The monoisotopic (exact) mass is 305 g/mol. The third-order valence-electron chi connectivity index (χ3n) is 3.84. The first-order valence-electron chi connectivity index (χ1n) is 7.80. The van der Waals surface area contributed by atoms with E-state index < -0.39 is 0 Å². The maximum atomic E-state index is 12.2. The van der Waals surface area contributed by atoms with Crippen molar-refractivity contribution in [3.8, 4) is 0 Å². The lowest BCUT2D eigenvalue weighted by molar-refractivity contribution is -0.153. The molecule has 2 unspecified atom stereocenters. The number of rotatable bonds is 6. The molecule has 0 bridgehead atoms. The van der Waals surface area contributed by atoms with Crippen molar-refractivity contribution in [2.24, 2.45) is 0 Å². The number of likely N-dealkylation sites (tertiary alicyclic amines) is 1. The van der Waals surface area contributed by atoms with E-state index in [9.17, 15) is 9.59 Å². The van der Waals surface area contributed by atoms with E-state index >= 15 is 0 Å². The van der Waals surface area contributed by atoms with Gasteiger partial charge in [0, 0.05) is 6.54 Å². The molecule has 120 valence electrons. The number of esters is 2. The highest BCUT2D eigenvalue weighted by atomic mass is 16.5. The molecule has 22 heavy (non-hydrogen) atoms. The van der Waals surface area contributed by atoms with E-state index in [-0.39, 0.29) is 24.0 Å². The van der Waals surface area contributed by atoms with Crippen molar-refractivity contribution >= 4 is 11.9 Å². The molecule has 1 fully saturated rings. The molecule has 5 heteroatoms. The molecule has 2 atom stereocenters. The van der Waals surface area contributed by atoms with Crippen LogP contribution in [0.25, 0.3) is 0 Å². The van der Waals surface area contributed by atoms with Crippen LogP contribution in [0.5, 0.6) is 0 Å². The summed E-state index contributed by atoms with van der Waals surface area (Å²) in [5.41, 5.74) is 1.06. The minimum Gasteiger partial charge on any atom is -0.465 e. The molecule has 1 aromatic rings. The van der Waals surface area contributed by atoms with Crippen LogP contribution in [-0.2, 0) is 25.6 Å². The molecule has 1 aliphatic heterocycles. The highest BCUT2D eigenvalue weighted by Gasteiger charge is 2.42. The van der Waals surface area contributed by atoms with Crippen LogP contribution >= 0.6 is 0 Å². The first-order valence-corrected chi connectivity index (χ1v) is 7.80. The zero-order chi connectivity index (χ0) is 15.9. The quantitative estimate of drug-likeness (QED) is 0.754. The Morgan fingerprint density at radius 1 is 1.00 bits per heavy atom. The van der Waals surface area contributed by atoms with Gasteiger partial charge in [-0.1, -0.05) is 30.3 Å². The Kier molecular flexibility index (Phi) is 5.95. The standard InChI is InChI=1S/C17H23NO4/c1-3-21-16(19)14-10-11-15(17(20)22-4-2)18(14)12-13-8-6-5-7-9-13/h5-9,14-15H,3-4,10-12H2,1-2H3. The summed E-state index contributed by atoms with van der Waals surface area (Å²) >= 11 is 0. The van der Waals surface area contributed by atoms with Crippen molar-refractivity contribution in [1.82, 2.24) is 4.90 Å². The average Bonchev–Trinajstić information content (AvgIpc) is 2.92. The number of ether oxygens (including phenoxy) is 2. The van der Waals surface area contributed by atoms with E-state index in [1.165, 1.54) is 0 Å². The molecule has 0 aliphatic carbocycles. The number of carbonyl (C=O) groups is 2. The van der Waals surface area contributed by atoms with E-state index in [0.29, 0.717) is 32.6 Å². The van der Waals surface area contributed by atoms with Crippen molar-refractivity contribution in [3.05, 3.63) is 35.9 Å². The Bertz CT molecular complexity index is 477. The van der Waals surface area contributed by atoms with Crippen LogP contribution in [-0.4, -0.2) is 42.1 Å². The molecule has 0 spiro atoms. The fourth-order valence-electron chi connectivity index (χ4n) is 2.86. The van der Waals surface area contributed by atoms with Crippen LogP contribution in [0, 0.1) is 0 Å². The lowest BCUT2D eigenvalue weighted by Gasteiger charge is -2.27. The number of hydrogen-bond acceptors (Lipinski definition) is 5. The smallest absolute Gasteiger partial charge is 0.323 e. The van der Waals surface area contributed by atoms with Crippen LogP contribution in [0.2, 0.25) is 0 Å². The zero-order valence-electron chi connectivity index (χ0n) is 13.2. The van der Waals surface area contributed by atoms with Crippen molar-refractivity contribution in [2.45, 2.75) is 45.3 Å². The summed E-state index contributed by atoms with van der Waals surface area (Å²) in [5, 5.41) is 0. The second kappa shape index (κ2) is 7.94. The molecule has 0 aromatic heterocycles. The predicted molar refractivity (Wildman–Crippen MR) is 82.1 cm³/mol. The maximum Gasteiger partial charge on any atom is 0.323 e. The van der Waals surface area contributed by atoms with Crippen molar-refractivity contribution in [3.63, 3.8) is 0 Å². The van der Waals surface area contributed by atoms with Gasteiger partial charge in [0.25, 0.3) is 0 Å². The van der Waals surface area contributed by atoms with Crippen LogP contribution in [0.1, 0.15) is 32.3 Å². The van der Waals surface area contributed by atoms with Gasteiger partial charge in [0.15, 0.2) is 0 Å². The van der Waals surface area contributed by atoms with E-state index in [2.05, 4.69) is 0 Å². The minimum atomic E-state index is -0.380. The van der Waals surface area contributed by atoms with E-state index in [1.54, 1.807) is 13.8 Å². The average molecular weight is 305 g/mol. The molecule has 0 amide bonds. The van der Waals surface area contributed by atoms with Crippen LogP contribution < -0.4 is 0 Å². The topological polar surface area (TPSA) is 55.8 Å². The summed E-state index contributed by atoms with van der Waals surface area (Å²) in [7, 11) is 0. The van der Waals surface area contributed by atoms with Gasteiger partial charge in [0.05, 0.1) is 13.2 Å². The summed E-state index contributed by atoms with van der Waals surface area (Å²) in [4.78, 5) is 26.2. The van der Waals surface area contributed by atoms with E-state index in [1.807, 2.05) is 35.2 Å². The lowest BCUT2D eigenvalue weighted by atomic mass is 10.2. The molecule has 0 N–H and O–H groups in total. The Labute approximate surface area is 131 Å². The zero-order valence-corrected chi connectivity index (χ0v) is 13.2. The fourth-order valence-corrected chi connectivity index (χ4v) is 2.86. The van der Waals surface area contributed by atoms with Gasteiger partial charge < -0.3 is 9.47 Å². The largest absolute Gasteiger partial charge is 0.465 e. The molecular weight excluding hydrogens is 282 g/mol. The molecule has 1 aliphatic rings. The highest BCUT2D eigenvalue weighted by molar-refractivity contribution is 5.81. The van der Waals surface area contributed by atoms with E-state index in [4.69, 9.17) is 9.47 Å². The molecule has 1 saturated heterocycles. The van der Waals surface area contributed by atoms with Gasteiger partial charge in [-0.15, -0.1) is 0 Å². The van der Waals surface area contributed by atoms with Crippen molar-refractivity contribution in [1.29, 1.82) is 0 Å². The van der Waals surface area contributed by atoms with Gasteiger partial charge in [0.2, 0.25) is 0 Å². The predicted octanol–water partition coefficient (Wildman–Crippen LogP) is 2.15. The molecule has 5 nitrogen and oxygen atoms in total. The molecule has 0 radical (unpaired) electrons. The Morgan fingerprint density at radius 3 is 1.95 bits per heavy atom. The van der Waals surface area contributed by atoms with Gasteiger partial charge in [0.1, 0.15) is 12.1 Å². The number of nitrogens with zero attached hydrogens (tertiary/aromatic N) is 1. The fraction of sp³-hybridized carbons (Fsp3) is 0.529. The first kappa shape index (κ1) is 16.5. The van der Waals surface area contributed by atoms with Crippen LogP contribution in [0.4, 0.5) is 0 Å². The Hall–Kier alpha value is -1.88. The normalized spacial score (nSPS) is 21.5. The van der Waals surface area contributed by atoms with Gasteiger partial charge in [-0.3, -0.25) is 14.5 Å². The van der Waals surface area contributed by atoms with Crippen molar-refractivity contribution < 1.29 is 19.1 Å². The maximum absolute atomic E-state index is 12.2. The first-order chi connectivity index (χ1) is 10.7. The highest BCUT2D eigenvalue weighted by Crippen LogP contribution is 2.28. The van der Waals surface area contributed by atoms with Crippen LogP contribution in [0.15, 0.2) is 30.3 Å². The second-order valence-corrected chi connectivity index (χ2v) is 5.27. The SMILES string of the molecule is CCOC(=O)C1CCC(C(=O)OCC)N1Cc1ccccc1. The summed E-state index contributed by atoms with van der Waals surface area (Å²) < 4.78 is 10.3. The molecule has 1 aromatic carbocycles. The molecule has 2 rings (SSSR count). The van der Waals surface area contributed by atoms with Gasteiger partial charge in [-0.25, -0.2) is 0 Å². The molecular formula is C17H23NO4. The Balaban J connectivity index is 2.17. The minimum absolute atomic E-state index is 0.259. The molecule has 0 saturated carbocycles. The van der Waals surface area contributed by atoms with Gasteiger partial charge in [-0.05, 0) is 32.3 Å². The summed E-state index contributed by atoms with van der Waals surface area (Å²) in [6.07, 6.45) is 1.24. The van der Waals surface area contributed by atoms with Crippen LogP contribution in [0.3, 0.4) is 0 Å². The second-order valence-electron chi connectivity index (χ2n) is 5.27. The number of benzene rings is 1. The van der Waals surface area contributed by atoms with Gasteiger partial charge >= 0.3 is 11.9 Å². The summed E-state index contributed by atoms with van der Waals surface area (Å²) in [6.45, 7) is 4.80. The lowest BCUT2D eigenvalue weighted by Crippen LogP contribution is -2.44. The summed E-state index contributed by atoms with van der Waals surface area (Å²) in [5.74, 6) is -0.518. The van der Waals surface area contributed by atoms with Crippen molar-refractivity contribution in [2.75, 3.05) is 13.2 Å². The van der Waals surface area contributed by atoms with E-state index in [0.717, 1.165) is 5.56 Å². The number of carbonyl (C=O) groups excluding carboxylic acids is 2. The summed E-state index contributed by atoms with van der Waals surface area (Å²) in [6, 6.07) is 9.06. The third kappa shape index (κ3) is 3.85. The Morgan fingerprint density at radius 2 is 1.50 bits per heavy atom. The van der Waals surface area contributed by atoms with Gasteiger partial charge in [-0.2, -0.15) is 0 Å². The molecule has 1 heterocycles. The third-order valence-corrected chi connectivity index (χ3v) is 3.84.